The molecule has 3 rings (SSSR count). The molecule has 1 N–H and O–H groups in total. The first kappa shape index (κ1) is 23.3. The van der Waals surface area contributed by atoms with Crippen LogP contribution in [0.1, 0.15) is 43.0 Å². The van der Waals surface area contributed by atoms with Crippen LogP contribution in [0.3, 0.4) is 0 Å². The minimum absolute atomic E-state index is 0.0760. The molecule has 0 unspecified atom stereocenters. The summed E-state index contributed by atoms with van der Waals surface area (Å²) < 4.78 is 0. The molecule has 3 aromatic rings. The maximum atomic E-state index is 13.6. The molecule has 0 aliphatic rings. The van der Waals surface area contributed by atoms with Crippen LogP contribution in [0.4, 0.5) is 0 Å². The molecule has 0 fully saturated rings. The molecule has 0 saturated heterocycles. The topological polar surface area (TPSA) is 49.4 Å². The molecule has 0 aliphatic carbocycles. The first-order valence-electron chi connectivity index (χ1n) is 11.2. The van der Waals surface area contributed by atoms with Crippen LogP contribution in [-0.2, 0) is 22.6 Å². The second-order valence-corrected chi connectivity index (χ2v) is 8.46. The largest absolute Gasteiger partial charge is 0.354 e. The Morgan fingerprint density at radius 3 is 1.88 bits per heavy atom. The molecule has 2 amide bonds. The van der Waals surface area contributed by atoms with Gasteiger partial charge in [-0.15, -0.1) is 0 Å². The van der Waals surface area contributed by atoms with Gasteiger partial charge in [0.1, 0.15) is 6.04 Å². The van der Waals surface area contributed by atoms with Crippen LogP contribution in [0, 0.1) is 5.92 Å². The average Bonchev–Trinajstić information content (AvgIpc) is 2.80. The Bertz CT molecular complexity index is 972. The number of nitrogens with zero attached hydrogens (tertiary/aromatic N) is 1. The number of rotatable bonds is 10. The van der Waals surface area contributed by atoms with E-state index < -0.39 is 6.04 Å². The van der Waals surface area contributed by atoms with E-state index in [2.05, 4.69) is 19.2 Å². The maximum absolute atomic E-state index is 13.6. The van der Waals surface area contributed by atoms with Crippen LogP contribution in [-0.4, -0.2) is 23.3 Å². The Kier molecular flexibility index (Phi) is 8.61. The summed E-state index contributed by atoms with van der Waals surface area (Å²) in [6.45, 7) is 5.22. The highest BCUT2D eigenvalue weighted by molar-refractivity contribution is 5.89. The van der Waals surface area contributed by atoms with Crippen LogP contribution in [0.2, 0.25) is 0 Å². The molecule has 4 heteroatoms. The SMILES string of the molecule is CC(C)CCNC(=O)[C@H](c1ccccc1)N(Cc1ccccc1)C(=O)Cc1ccccc1. The second kappa shape index (κ2) is 11.8. The third-order valence-electron chi connectivity index (χ3n) is 5.41. The molecule has 0 aromatic heterocycles. The molecule has 0 aliphatic heterocycles. The van der Waals surface area contributed by atoms with Gasteiger partial charge in [0.2, 0.25) is 11.8 Å². The van der Waals surface area contributed by atoms with Crippen molar-refractivity contribution >= 4 is 11.8 Å². The summed E-state index contributed by atoms with van der Waals surface area (Å²) in [4.78, 5) is 28.7. The molecule has 1 atom stereocenters. The summed E-state index contributed by atoms with van der Waals surface area (Å²) >= 11 is 0. The van der Waals surface area contributed by atoms with E-state index in [4.69, 9.17) is 0 Å². The van der Waals surface area contributed by atoms with E-state index in [1.165, 1.54) is 0 Å². The van der Waals surface area contributed by atoms with E-state index in [0.29, 0.717) is 19.0 Å². The van der Waals surface area contributed by atoms with Gasteiger partial charge >= 0.3 is 0 Å². The van der Waals surface area contributed by atoms with Crippen molar-refractivity contribution in [3.63, 3.8) is 0 Å². The number of hydrogen-bond acceptors (Lipinski definition) is 2. The summed E-state index contributed by atoms with van der Waals surface area (Å²) in [7, 11) is 0. The summed E-state index contributed by atoms with van der Waals surface area (Å²) in [5.74, 6) is 0.271. The lowest BCUT2D eigenvalue weighted by Crippen LogP contribution is -2.44. The number of amides is 2. The van der Waals surface area contributed by atoms with Crippen LogP contribution >= 0.6 is 0 Å². The lowest BCUT2D eigenvalue weighted by molar-refractivity contribution is -0.141. The van der Waals surface area contributed by atoms with Crippen LogP contribution in [0.5, 0.6) is 0 Å². The first-order chi connectivity index (χ1) is 15.5. The van der Waals surface area contributed by atoms with E-state index in [0.717, 1.165) is 23.1 Å². The minimum atomic E-state index is -0.695. The zero-order chi connectivity index (χ0) is 22.8. The molecule has 32 heavy (non-hydrogen) atoms. The molecule has 0 saturated carbocycles. The number of hydrogen-bond donors (Lipinski definition) is 1. The predicted molar refractivity (Wildman–Crippen MR) is 129 cm³/mol. The summed E-state index contributed by atoms with van der Waals surface area (Å²) in [5, 5.41) is 3.06. The van der Waals surface area contributed by atoms with Crippen molar-refractivity contribution in [3.8, 4) is 0 Å². The highest BCUT2D eigenvalue weighted by Gasteiger charge is 2.31. The monoisotopic (exact) mass is 428 g/mol. The number of carbonyl (C=O) groups excluding carboxylic acids is 2. The van der Waals surface area contributed by atoms with Crippen LogP contribution < -0.4 is 5.32 Å². The van der Waals surface area contributed by atoms with E-state index in [1.54, 1.807) is 4.90 Å². The highest BCUT2D eigenvalue weighted by Crippen LogP contribution is 2.25. The lowest BCUT2D eigenvalue weighted by atomic mass is 10.0. The fraction of sp³-hybridized carbons (Fsp3) is 0.286. The van der Waals surface area contributed by atoms with Crippen molar-refractivity contribution in [2.45, 2.75) is 39.3 Å². The molecular formula is C28H32N2O2. The first-order valence-corrected chi connectivity index (χ1v) is 11.2. The predicted octanol–water partition coefficient (Wildman–Crippen LogP) is 5.16. The molecule has 0 spiro atoms. The lowest BCUT2D eigenvalue weighted by Gasteiger charge is -2.32. The zero-order valence-electron chi connectivity index (χ0n) is 18.9. The molecule has 3 aromatic carbocycles. The average molecular weight is 429 g/mol. The fourth-order valence-electron chi connectivity index (χ4n) is 3.66. The highest BCUT2D eigenvalue weighted by atomic mass is 16.2. The Morgan fingerprint density at radius 1 is 0.781 bits per heavy atom. The van der Waals surface area contributed by atoms with Gasteiger partial charge in [-0.2, -0.15) is 0 Å². The Labute approximate surface area is 191 Å². The van der Waals surface area contributed by atoms with Crippen molar-refractivity contribution in [2.75, 3.05) is 6.54 Å². The number of benzene rings is 3. The third-order valence-corrected chi connectivity index (χ3v) is 5.41. The molecular weight excluding hydrogens is 396 g/mol. The van der Waals surface area contributed by atoms with Gasteiger partial charge < -0.3 is 10.2 Å². The molecule has 4 nitrogen and oxygen atoms in total. The standard InChI is InChI=1S/C28H32N2O2/c1-22(2)18-19-29-28(32)27(25-16-10-5-11-17-25)30(21-24-14-8-4-9-15-24)26(31)20-23-12-6-3-7-13-23/h3-17,22,27H,18-21H2,1-2H3,(H,29,32)/t27-/m0/s1. The van der Waals surface area contributed by atoms with E-state index in [1.807, 2.05) is 91.0 Å². The van der Waals surface area contributed by atoms with Gasteiger partial charge in [0.15, 0.2) is 0 Å². The number of carbonyl (C=O) groups is 2. The van der Waals surface area contributed by atoms with E-state index >= 15 is 0 Å². The maximum Gasteiger partial charge on any atom is 0.247 e. The second-order valence-electron chi connectivity index (χ2n) is 8.46. The summed E-state index contributed by atoms with van der Waals surface area (Å²) in [6, 6.07) is 28.4. The van der Waals surface area contributed by atoms with Crippen molar-refractivity contribution < 1.29 is 9.59 Å². The van der Waals surface area contributed by atoms with E-state index in [-0.39, 0.29) is 18.2 Å². The normalized spacial score (nSPS) is 11.7. The van der Waals surface area contributed by atoms with Crippen LogP contribution in [0.25, 0.3) is 0 Å². The Morgan fingerprint density at radius 2 is 1.31 bits per heavy atom. The van der Waals surface area contributed by atoms with Gasteiger partial charge in [0.05, 0.1) is 6.42 Å². The van der Waals surface area contributed by atoms with Gasteiger partial charge in [0.25, 0.3) is 0 Å². The molecule has 166 valence electrons. The third kappa shape index (κ3) is 6.81. The molecule has 0 bridgehead atoms. The Balaban J connectivity index is 1.93. The fourth-order valence-corrected chi connectivity index (χ4v) is 3.66. The van der Waals surface area contributed by atoms with Gasteiger partial charge in [-0.3, -0.25) is 9.59 Å². The minimum Gasteiger partial charge on any atom is -0.354 e. The van der Waals surface area contributed by atoms with Crippen molar-refractivity contribution in [1.82, 2.24) is 10.2 Å². The molecule has 0 heterocycles. The van der Waals surface area contributed by atoms with Gasteiger partial charge in [-0.1, -0.05) is 105 Å². The Hall–Kier alpha value is -3.40. The van der Waals surface area contributed by atoms with Crippen LogP contribution in [0.15, 0.2) is 91.0 Å². The quantitative estimate of drug-likeness (QED) is 0.485. The summed E-state index contributed by atoms with van der Waals surface area (Å²) in [6.07, 6.45) is 1.14. The summed E-state index contributed by atoms with van der Waals surface area (Å²) in [5.41, 5.74) is 2.74. The molecule has 0 radical (unpaired) electrons. The van der Waals surface area contributed by atoms with Gasteiger partial charge in [0, 0.05) is 13.1 Å². The van der Waals surface area contributed by atoms with Crippen molar-refractivity contribution in [3.05, 3.63) is 108 Å². The van der Waals surface area contributed by atoms with Crippen molar-refractivity contribution in [1.29, 1.82) is 0 Å². The smallest absolute Gasteiger partial charge is 0.247 e. The van der Waals surface area contributed by atoms with E-state index in [9.17, 15) is 9.59 Å². The van der Waals surface area contributed by atoms with Gasteiger partial charge in [-0.05, 0) is 29.0 Å². The van der Waals surface area contributed by atoms with Gasteiger partial charge in [-0.25, -0.2) is 0 Å². The van der Waals surface area contributed by atoms with Crippen molar-refractivity contribution in [2.24, 2.45) is 5.92 Å². The number of nitrogens with one attached hydrogen (secondary N) is 1. The zero-order valence-corrected chi connectivity index (χ0v) is 18.9.